The molecule has 1 aliphatic rings. The van der Waals surface area contributed by atoms with E-state index in [0.717, 1.165) is 36.7 Å². The summed E-state index contributed by atoms with van der Waals surface area (Å²) in [6.07, 6.45) is 8.14. The van der Waals surface area contributed by atoms with Gasteiger partial charge in [-0.05, 0) is 19.8 Å². The van der Waals surface area contributed by atoms with E-state index in [4.69, 9.17) is 0 Å². The number of nitrogens with one attached hydrogen (secondary N) is 1. The van der Waals surface area contributed by atoms with Gasteiger partial charge in [-0.1, -0.05) is 12.8 Å². The van der Waals surface area contributed by atoms with Gasteiger partial charge in [0.1, 0.15) is 5.82 Å². The molecular formula is C13H19N5O. The maximum atomic E-state index is 9.62. The van der Waals surface area contributed by atoms with Crippen LogP contribution in [0.4, 0.5) is 5.82 Å². The lowest BCUT2D eigenvalue weighted by Crippen LogP contribution is -2.30. The molecule has 0 amide bonds. The predicted octanol–water partition coefficient (Wildman–Crippen LogP) is 1.40. The number of fused-ring (bicyclic) bond motifs is 1. The van der Waals surface area contributed by atoms with Gasteiger partial charge in [0.2, 0.25) is 5.65 Å². The van der Waals surface area contributed by atoms with Crippen molar-refractivity contribution in [3.8, 4) is 0 Å². The number of aliphatic hydroxyl groups excluding tert-OH is 1. The molecule has 0 atom stereocenters. The Labute approximate surface area is 111 Å². The van der Waals surface area contributed by atoms with Crippen LogP contribution in [0.15, 0.2) is 12.4 Å². The molecule has 0 unspecified atom stereocenters. The third-order valence-corrected chi connectivity index (χ3v) is 4.13. The van der Waals surface area contributed by atoms with Crippen LogP contribution in [-0.2, 0) is 0 Å². The first-order valence-electron chi connectivity index (χ1n) is 6.75. The Morgan fingerprint density at radius 3 is 2.89 bits per heavy atom. The van der Waals surface area contributed by atoms with Gasteiger partial charge in [-0.3, -0.25) is 4.40 Å². The van der Waals surface area contributed by atoms with E-state index in [1.54, 1.807) is 6.20 Å². The Bertz CT molecular complexity index is 573. The normalized spacial score (nSPS) is 18.0. The second-order valence-corrected chi connectivity index (χ2v) is 5.44. The lowest BCUT2D eigenvalue weighted by Gasteiger charge is -2.26. The van der Waals surface area contributed by atoms with E-state index in [-0.39, 0.29) is 12.0 Å². The van der Waals surface area contributed by atoms with Gasteiger partial charge < -0.3 is 10.4 Å². The molecule has 0 spiro atoms. The Balaban J connectivity index is 1.82. The second kappa shape index (κ2) is 4.77. The second-order valence-electron chi connectivity index (χ2n) is 5.44. The van der Waals surface area contributed by atoms with Crippen molar-refractivity contribution in [2.45, 2.75) is 32.6 Å². The van der Waals surface area contributed by atoms with Crippen LogP contribution in [0.25, 0.3) is 5.65 Å². The third-order valence-electron chi connectivity index (χ3n) is 4.13. The van der Waals surface area contributed by atoms with Crippen molar-refractivity contribution in [1.82, 2.24) is 19.6 Å². The molecule has 1 fully saturated rings. The average molecular weight is 261 g/mol. The van der Waals surface area contributed by atoms with Crippen molar-refractivity contribution >= 4 is 11.5 Å². The summed E-state index contributed by atoms with van der Waals surface area (Å²) in [4.78, 5) is 4.33. The zero-order valence-electron chi connectivity index (χ0n) is 11.1. The van der Waals surface area contributed by atoms with Crippen LogP contribution in [-0.4, -0.2) is 37.8 Å². The van der Waals surface area contributed by atoms with E-state index in [0.29, 0.717) is 0 Å². The van der Waals surface area contributed by atoms with E-state index in [9.17, 15) is 5.11 Å². The molecule has 2 N–H and O–H groups in total. The van der Waals surface area contributed by atoms with Crippen LogP contribution >= 0.6 is 0 Å². The summed E-state index contributed by atoms with van der Waals surface area (Å²) in [6.45, 7) is 2.88. The average Bonchev–Trinajstić information content (AvgIpc) is 3.05. The number of hydrogen-bond donors (Lipinski definition) is 2. The number of aryl methyl sites for hydroxylation is 1. The molecule has 1 aliphatic carbocycles. The standard InChI is InChI=1S/C13H19N5O/c1-10-16-17-12-11(14-6-7-18(10)12)15-8-13(9-19)4-2-3-5-13/h6-7,19H,2-5,8-9H2,1H3,(H,14,15). The smallest absolute Gasteiger partial charge is 0.203 e. The summed E-state index contributed by atoms with van der Waals surface area (Å²) in [5.74, 6) is 1.58. The molecule has 0 aromatic carbocycles. The Kier molecular flexibility index (Phi) is 3.10. The zero-order chi connectivity index (χ0) is 13.3. The van der Waals surface area contributed by atoms with Crippen LogP contribution < -0.4 is 5.32 Å². The third kappa shape index (κ3) is 2.16. The zero-order valence-corrected chi connectivity index (χ0v) is 11.1. The van der Waals surface area contributed by atoms with E-state index in [1.165, 1.54) is 12.8 Å². The summed E-state index contributed by atoms with van der Waals surface area (Å²) >= 11 is 0. The van der Waals surface area contributed by atoms with Crippen molar-refractivity contribution in [2.24, 2.45) is 5.41 Å². The van der Waals surface area contributed by atoms with E-state index >= 15 is 0 Å². The van der Waals surface area contributed by atoms with E-state index in [2.05, 4.69) is 20.5 Å². The first-order chi connectivity index (χ1) is 9.24. The summed E-state index contributed by atoms with van der Waals surface area (Å²) in [5, 5.41) is 21.2. The maximum Gasteiger partial charge on any atom is 0.203 e. The molecule has 0 bridgehead atoms. The highest BCUT2D eigenvalue weighted by atomic mass is 16.3. The topological polar surface area (TPSA) is 75.3 Å². The fraction of sp³-hybridized carbons (Fsp3) is 0.615. The highest BCUT2D eigenvalue weighted by molar-refractivity contribution is 5.62. The number of aromatic nitrogens is 4. The molecule has 2 aromatic rings. The van der Waals surface area contributed by atoms with Crippen LogP contribution in [0.1, 0.15) is 31.5 Å². The molecule has 1 saturated carbocycles. The number of hydrogen-bond acceptors (Lipinski definition) is 5. The molecule has 0 radical (unpaired) electrons. The summed E-state index contributed by atoms with van der Waals surface area (Å²) in [6, 6.07) is 0. The Hall–Kier alpha value is -1.69. The van der Waals surface area contributed by atoms with Crippen LogP contribution in [0.5, 0.6) is 0 Å². The van der Waals surface area contributed by atoms with Crippen LogP contribution in [0.3, 0.4) is 0 Å². The van der Waals surface area contributed by atoms with Gasteiger partial charge >= 0.3 is 0 Å². The van der Waals surface area contributed by atoms with E-state index < -0.39 is 0 Å². The van der Waals surface area contributed by atoms with Crippen molar-refractivity contribution < 1.29 is 5.11 Å². The molecule has 2 aromatic heterocycles. The molecule has 0 aliphatic heterocycles. The lowest BCUT2D eigenvalue weighted by molar-refractivity contribution is 0.142. The monoisotopic (exact) mass is 261 g/mol. The van der Waals surface area contributed by atoms with Gasteiger partial charge in [-0.15, -0.1) is 10.2 Å². The summed E-state index contributed by atoms with van der Waals surface area (Å²) in [7, 11) is 0. The molecular weight excluding hydrogens is 242 g/mol. The molecule has 6 nitrogen and oxygen atoms in total. The number of rotatable bonds is 4. The first-order valence-corrected chi connectivity index (χ1v) is 6.75. The Morgan fingerprint density at radius 2 is 2.16 bits per heavy atom. The fourth-order valence-corrected chi connectivity index (χ4v) is 2.85. The van der Waals surface area contributed by atoms with Crippen molar-refractivity contribution in [2.75, 3.05) is 18.5 Å². The van der Waals surface area contributed by atoms with Gasteiger partial charge in [-0.25, -0.2) is 4.98 Å². The molecule has 3 rings (SSSR count). The summed E-state index contributed by atoms with van der Waals surface area (Å²) < 4.78 is 1.91. The van der Waals surface area contributed by atoms with Crippen LogP contribution in [0, 0.1) is 12.3 Å². The largest absolute Gasteiger partial charge is 0.396 e. The van der Waals surface area contributed by atoms with Gasteiger partial charge in [0.05, 0.1) is 6.61 Å². The van der Waals surface area contributed by atoms with E-state index in [1.807, 2.05) is 17.5 Å². The highest BCUT2D eigenvalue weighted by Crippen LogP contribution is 2.37. The van der Waals surface area contributed by atoms with Gasteiger partial charge in [0.25, 0.3) is 0 Å². The van der Waals surface area contributed by atoms with Crippen molar-refractivity contribution in [1.29, 1.82) is 0 Å². The molecule has 102 valence electrons. The lowest BCUT2D eigenvalue weighted by atomic mass is 9.87. The van der Waals surface area contributed by atoms with Crippen molar-refractivity contribution in [3.63, 3.8) is 0 Å². The number of anilines is 1. The summed E-state index contributed by atoms with van der Waals surface area (Å²) in [5.41, 5.74) is 0.745. The Morgan fingerprint density at radius 1 is 1.37 bits per heavy atom. The quantitative estimate of drug-likeness (QED) is 0.870. The SMILES string of the molecule is Cc1nnc2c(NCC3(CO)CCCC3)nccn12. The van der Waals surface area contributed by atoms with Gasteiger partial charge in [-0.2, -0.15) is 0 Å². The number of nitrogens with zero attached hydrogens (tertiary/aromatic N) is 4. The van der Waals surface area contributed by atoms with Crippen molar-refractivity contribution in [3.05, 3.63) is 18.2 Å². The van der Waals surface area contributed by atoms with Crippen LogP contribution in [0.2, 0.25) is 0 Å². The maximum absolute atomic E-state index is 9.62. The predicted molar refractivity (Wildman–Crippen MR) is 72.0 cm³/mol. The molecule has 19 heavy (non-hydrogen) atoms. The molecule has 6 heteroatoms. The fourth-order valence-electron chi connectivity index (χ4n) is 2.85. The minimum Gasteiger partial charge on any atom is -0.396 e. The minimum atomic E-state index is 0.00355. The minimum absolute atomic E-state index is 0.00355. The van der Waals surface area contributed by atoms with Gasteiger partial charge in [0, 0.05) is 24.4 Å². The molecule has 0 saturated heterocycles. The number of aliphatic hydroxyl groups is 1. The van der Waals surface area contributed by atoms with Gasteiger partial charge in [0.15, 0.2) is 5.82 Å². The highest BCUT2D eigenvalue weighted by Gasteiger charge is 2.33. The first kappa shape index (κ1) is 12.3. The molecule has 2 heterocycles.